The molecule has 3 aromatic heterocycles. The van der Waals surface area contributed by atoms with E-state index in [0.717, 1.165) is 18.2 Å². The topological polar surface area (TPSA) is 55.1 Å². The van der Waals surface area contributed by atoms with Crippen LogP contribution in [0, 0.1) is 0 Å². The molecule has 1 aromatic carbocycles. The van der Waals surface area contributed by atoms with Crippen LogP contribution in [0.1, 0.15) is 11.1 Å². The van der Waals surface area contributed by atoms with Crippen LogP contribution in [0.25, 0.3) is 16.9 Å². The third kappa shape index (κ3) is 3.78. The number of fused-ring (bicyclic) bond motifs is 1. The van der Waals surface area contributed by atoms with Gasteiger partial charge < -0.3 is 5.32 Å². The van der Waals surface area contributed by atoms with Crippen molar-refractivity contribution in [3.05, 3.63) is 72.3 Å². The lowest BCUT2D eigenvalue weighted by atomic mass is 10.1. The second kappa shape index (κ2) is 7.01. The summed E-state index contributed by atoms with van der Waals surface area (Å²) in [6.45, 7) is 0. The van der Waals surface area contributed by atoms with Crippen LogP contribution in [0.5, 0.6) is 0 Å². The van der Waals surface area contributed by atoms with Crippen molar-refractivity contribution in [2.24, 2.45) is 0 Å². The molecule has 0 bridgehead atoms. The van der Waals surface area contributed by atoms with Gasteiger partial charge in [-0.3, -0.25) is 4.98 Å². The molecule has 0 saturated heterocycles. The molecule has 4 aromatic rings. The predicted molar refractivity (Wildman–Crippen MR) is 95.9 cm³/mol. The first-order valence-corrected chi connectivity index (χ1v) is 8.43. The lowest BCUT2D eigenvalue weighted by Crippen LogP contribution is -2.08. The number of nitrogens with zero attached hydrogens (tertiary/aromatic N) is 4. The van der Waals surface area contributed by atoms with Gasteiger partial charge in [-0.2, -0.15) is 31.4 Å². The Morgan fingerprint density at radius 2 is 1.57 bits per heavy atom. The van der Waals surface area contributed by atoms with Gasteiger partial charge in [-0.1, -0.05) is 0 Å². The molecule has 0 saturated carbocycles. The minimum atomic E-state index is -4.59. The molecule has 0 amide bonds. The first-order chi connectivity index (χ1) is 14.1. The number of rotatable bonds is 3. The van der Waals surface area contributed by atoms with Crippen molar-refractivity contribution >= 4 is 17.0 Å². The monoisotopic (exact) mass is 423 g/mol. The summed E-state index contributed by atoms with van der Waals surface area (Å²) >= 11 is 0. The zero-order valence-electron chi connectivity index (χ0n) is 14.8. The van der Waals surface area contributed by atoms with Crippen LogP contribution >= 0.6 is 0 Å². The maximum absolute atomic E-state index is 13.2. The summed E-state index contributed by atoms with van der Waals surface area (Å²) in [6, 6.07) is 6.48. The standard InChI is InChI=1S/C19H11F6N5/c20-18(21,22)12-3-5-13(6-4-12)29-15-9-28-30-10-11(8-27-17(15)30)16-14(19(23,24)25)2-1-7-26-16/h1-10,29H. The number of alkyl halides is 6. The van der Waals surface area contributed by atoms with Crippen LogP contribution in [0.4, 0.5) is 37.7 Å². The summed E-state index contributed by atoms with van der Waals surface area (Å²) in [4.78, 5) is 7.96. The molecular formula is C19H11F6N5. The number of pyridine rings is 1. The smallest absolute Gasteiger partial charge is 0.351 e. The SMILES string of the molecule is FC(F)(F)c1ccc(Nc2cnn3cc(-c4ncccc4C(F)(F)F)cnc23)cc1. The van der Waals surface area contributed by atoms with Crippen LogP contribution in [0.15, 0.2) is 61.2 Å². The van der Waals surface area contributed by atoms with Crippen LogP contribution < -0.4 is 5.32 Å². The van der Waals surface area contributed by atoms with Gasteiger partial charge in [-0.25, -0.2) is 9.50 Å². The van der Waals surface area contributed by atoms with Gasteiger partial charge in [0.1, 0.15) is 5.69 Å². The van der Waals surface area contributed by atoms with Crippen LogP contribution in [0.2, 0.25) is 0 Å². The van der Waals surface area contributed by atoms with Crippen molar-refractivity contribution in [2.75, 3.05) is 5.32 Å². The molecule has 0 radical (unpaired) electrons. The van der Waals surface area contributed by atoms with Gasteiger partial charge >= 0.3 is 12.4 Å². The fraction of sp³-hybridized carbons (Fsp3) is 0.105. The van der Waals surface area contributed by atoms with E-state index in [9.17, 15) is 26.3 Å². The van der Waals surface area contributed by atoms with E-state index >= 15 is 0 Å². The third-order valence-corrected chi connectivity index (χ3v) is 4.23. The highest BCUT2D eigenvalue weighted by Gasteiger charge is 2.34. The van der Waals surface area contributed by atoms with Crippen molar-refractivity contribution in [1.82, 2.24) is 19.6 Å². The number of halogens is 6. The first kappa shape index (κ1) is 19.7. The average Bonchev–Trinajstić information content (AvgIpc) is 3.09. The van der Waals surface area contributed by atoms with Crippen LogP contribution in [-0.4, -0.2) is 19.6 Å². The Morgan fingerprint density at radius 3 is 2.23 bits per heavy atom. The molecule has 0 unspecified atom stereocenters. The van der Waals surface area contributed by atoms with Gasteiger partial charge in [-0.05, 0) is 36.4 Å². The van der Waals surface area contributed by atoms with Crippen LogP contribution in [0.3, 0.4) is 0 Å². The number of anilines is 2. The van der Waals surface area contributed by atoms with Crippen molar-refractivity contribution in [2.45, 2.75) is 12.4 Å². The van der Waals surface area contributed by atoms with E-state index in [-0.39, 0.29) is 16.9 Å². The lowest BCUT2D eigenvalue weighted by Gasteiger charge is -2.11. The highest BCUT2D eigenvalue weighted by Crippen LogP contribution is 2.36. The molecule has 0 aliphatic heterocycles. The molecule has 3 heterocycles. The molecule has 154 valence electrons. The van der Waals surface area contributed by atoms with Crippen molar-refractivity contribution < 1.29 is 26.3 Å². The maximum Gasteiger partial charge on any atom is 0.418 e. The highest BCUT2D eigenvalue weighted by molar-refractivity contribution is 5.74. The Balaban J connectivity index is 1.66. The van der Waals surface area contributed by atoms with Gasteiger partial charge in [0.25, 0.3) is 0 Å². The molecule has 5 nitrogen and oxygen atoms in total. The van der Waals surface area contributed by atoms with E-state index in [1.807, 2.05) is 0 Å². The second-order valence-electron chi connectivity index (χ2n) is 6.27. The molecule has 0 aliphatic carbocycles. The molecule has 0 spiro atoms. The molecule has 4 rings (SSSR count). The largest absolute Gasteiger partial charge is 0.418 e. The second-order valence-corrected chi connectivity index (χ2v) is 6.27. The Morgan fingerprint density at radius 1 is 0.833 bits per heavy atom. The first-order valence-electron chi connectivity index (χ1n) is 8.43. The van der Waals surface area contributed by atoms with Gasteiger partial charge in [0.05, 0.1) is 23.0 Å². The number of benzene rings is 1. The number of aromatic nitrogens is 4. The molecule has 1 N–H and O–H groups in total. The van der Waals surface area contributed by atoms with E-state index < -0.39 is 23.5 Å². The van der Waals surface area contributed by atoms with Crippen molar-refractivity contribution in [3.63, 3.8) is 0 Å². The van der Waals surface area contributed by atoms with E-state index in [1.54, 1.807) is 0 Å². The van der Waals surface area contributed by atoms with E-state index in [4.69, 9.17) is 0 Å². The number of nitrogens with one attached hydrogen (secondary N) is 1. The average molecular weight is 423 g/mol. The predicted octanol–water partition coefficient (Wildman–Crippen LogP) is 5.57. The summed E-state index contributed by atoms with van der Waals surface area (Å²) < 4.78 is 79.0. The van der Waals surface area contributed by atoms with Crippen LogP contribution in [-0.2, 0) is 12.4 Å². The minimum Gasteiger partial charge on any atom is -0.351 e. The third-order valence-electron chi connectivity index (χ3n) is 4.23. The lowest BCUT2D eigenvalue weighted by molar-refractivity contribution is -0.138. The molecule has 11 heteroatoms. The molecular weight excluding hydrogens is 412 g/mol. The summed E-state index contributed by atoms with van der Waals surface area (Å²) in [5.41, 5.74) is -0.839. The van der Waals surface area contributed by atoms with Gasteiger partial charge in [0.2, 0.25) is 0 Å². The quantitative estimate of drug-likeness (QED) is 0.438. The molecule has 0 aliphatic rings. The minimum absolute atomic E-state index is 0.111. The van der Waals surface area contributed by atoms with Gasteiger partial charge in [-0.15, -0.1) is 0 Å². The van der Waals surface area contributed by atoms with Crippen molar-refractivity contribution in [3.8, 4) is 11.3 Å². The van der Waals surface area contributed by atoms with E-state index in [0.29, 0.717) is 11.4 Å². The number of hydrogen-bond donors (Lipinski definition) is 1. The Hall–Kier alpha value is -3.63. The summed E-state index contributed by atoms with van der Waals surface area (Å²) in [7, 11) is 0. The summed E-state index contributed by atoms with van der Waals surface area (Å²) in [6.07, 6.45) is -3.84. The fourth-order valence-electron chi connectivity index (χ4n) is 2.85. The summed E-state index contributed by atoms with van der Waals surface area (Å²) in [5, 5.41) is 6.94. The molecule has 0 fully saturated rings. The van der Waals surface area contributed by atoms with Gasteiger partial charge in [0, 0.05) is 29.8 Å². The Kier molecular flexibility index (Phi) is 4.60. The number of hydrogen-bond acceptors (Lipinski definition) is 4. The summed E-state index contributed by atoms with van der Waals surface area (Å²) in [5.74, 6) is 0. The van der Waals surface area contributed by atoms with E-state index in [1.165, 1.54) is 47.5 Å². The fourth-order valence-corrected chi connectivity index (χ4v) is 2.85. The molecule has 0 atom stereocenters. The molecule has 30 heavy (non-hydrogen) atoms. The van der Waals surface area contributed by atoms with E-state index in [2.05, 4.69) is 20.4 Å². The zero-order valence-corrected chi connectivity index (χ0v) is 14.8. The zero-order chi connectivity index (χ0) is 21.5. The highest BCUT2D eigenvalue weighted by atomic mass is 19.4. The van der Waals surface area contributed by atoms with Gasteiger partial charge in [0.15, 0.2) is 5.65 Å². The van der Waals surface area contributed by atoms with Crippen molar-refractivity contribution in [1.29, 1.82) is 0 Å². The maximum atomic E-state index is 13.2. The Labute approximate surface area is 165 Å². The normalized spacial score (nSPS) is 12.3. The Bertz CT molecular complexity index is 1190.